The van der Waals surface area contributed by atoms with Crippen LogP contribution in [0.4, 0.5) is 5.69 Å². The van der Waals surface area contributed by atoms with Crippen molar-refractivity contribution in [2.75, 3.05) is 5.75 Å². The molecule has 1 aromatic carbocycles. The van der Waals surface area contributed by atoms with Gasteiger partial charge in [-0.05, 0) is 0 Å². The third-order valence-electron chi connectivity index (χ3n) is 2.22. The quantitative estimate of drug-likeness (QED) is 0.608. The Kier molecular flexibility index (Phi) is 2.45. The van der Waals surface area contributed by atoms with E-state index in [1.54, 1.807) is 17.7 Å². The zero-order valence-electron chi connectivity index (χ0n) is 7.79. The first-order valence-corrected chi connectivity index (χ1v) is 5.36. The van der Waals surface area contributed by atoms with Crippen molar-refractivity contribution < 1.29 is 4.92 Å². The molecule has 0 saturated carbocycles. The second-order valence-electron chi connectivity index (χ2n) is 3.28. The van der Waals surface area contributed by atoms with E-state index in [-0.39, 0.29) is 5.69 Å². The van der Waals surface area contributed by atoms with Crippen molar-refractivity contribution in [1.82, 2.24) is 0 Å². The molecule has 6 heteroatoms. The normalized spacial score (nSPS) is 24.3. The van der Waals surface area contributed by atoms with Gasteiger partial charge in [-0.3, -0.25) is 15.1 Å². The Labute approximate surface area is 90.5 Å². The van der Waals surface area contributed by atoms with Crippen LogP contribution in [-0.4, -0.2) is 16.2 Å². The molecular formula is C9H9N3O2S. The second kappa shape index (κ2) is 3.63. The summed E-state index contributed by atoms with van der Waals surface area (Å²) in [5.41, 5.74) is 7.60. The van der Waals surface area contributed by atoms with E-state index in [4.69, 9.17) is 5.73 Å². The summed E-state index contributed by atoms with van der Waals surface area (Å²) in [6, 6.07) is 6.30. The summed E-state index contributed by atoms with van der Waals surface area (Å²) < 4.78 is 0. The van der Waals surface area contributed by atoms with Crippen molar-refractivity contribution in [3.8, 4) is 0 Å². The van der Waals surface area contributed by atoms with Gasteiger partial charge in [-0.1, -0.05) is 12.1 Å². The van der Waals surface area contributed by atoms with Crippen LogP contribution in [0, 0.1) is 10.1 Å². The molecular weight excluding hydrogens is 214 g/mol. The van der Waals surface area contributed by atoms with Gasteiger partial charge in [-0.2, -0.15) is 0 Å². The summed E-state index contributed by atoms with van der Waals surface area (Å²) in [4.78, 5) is 14.3. The van der Waals surface area contributed by atoms with Gasteiger partial charge in [0.1, 0.15) is 5.66 Å². The Morgan fingerprint density at radius 3 is 3.00 bits per heavy atom. The van der Waals surface area contributed by atoms with E-state index in [0.29, 0.717) is 11.3 Å². The van der Waals surface area contributed by atoms with Crippen LogP contribution in [0.1, 0.15) is 5.56 Å². The Morgan fingerprint density at radius 2 is 2.40 bits per heavy atom. The number of hydrogen-bond donors (Lipinski definition) is 1. The predicted octanol–water partition coefficient (Wildman–Crippen LogP) is 1.48. The Morgan fingerprint density at radius 1 is 1.60 bits per heavy atom. The van der Waals surface area contributed by atoms with E-state index in [2.05, 4.69) is 4.99 Å². The largest absolute Gasteiger partial charge is 0.303 e. The van der Waals surface area contributed by atoms with Gasteiger partial charge in [0.25, 0.3) is 5.69 Å². The van der Waals surface area contributed by atoms with Gasteiger partial charge >= 0.3 is 0 Å². The Balaban J connectivity index is 2.40. The molecule has 5 nitrogen and oxygen atoms in total. The fraction of sp³-hybridized carbons (Fsp3) is 0.222. The lowest BCUT2D eigenvalue weighted by Gasteiger charge is -2.19. The fourth-order valence-electron chi connectivity index (χ4n) is 1.38. The molecule has 1 unspecified atom stereocenters. The van der Waals surface area contributed by atoms with E-state index < -0.39 is 10.6 Å². The first kappa shape index (κ1) is 10.1. The molecule has 1 atom stereocenters. The van der Waals surface area contributed by atoms with Crippen molar-refractivity contribution in [2.24, 2.45) is 10.7 Å². The van der Waals surface area contributed by atoms with E-state index in [0.717, 1.165) is 0 Å². The van der Waals surface area contributed by atoms with Gasteiger partial charge < -0.3 is 5.73 Å². The van der Waals surface area contributed by atoms with Crippen LogP contribution in [-0.2, 0) is 5.66 Å². The van der Waals surface area contributed by atoms with Crippen LogP contribution < -0.4 is 5.73 Å². The lowest BCUT2D eigenvalue weighted by molar-refractivity contribution is -0.385. The third kappa shape index (κ3) is 1.86. The van der Waals surface area contributed by atoms with Gasteiger partial charge in [-0.15, -0.1) is 11.8 Å². The highest BCUT2D eigenvalue weighted by molar-refractivity contribution is 8.12. The highest BCUT2D eigenvalue weighted by Gasteiger charge is 2.30. The van der Waals surface area contributed by atoms with Crippen molar-refractivity contribution in [1.29, 1.82) is 0 Å². The molecule has 1 aliphatic rings. The highest BCUT2D eigenvalue weighted by Crippen LogP contribution is 2.30. The first-order valence-electron chi connectivity index (χ1n) is 4.31. The summed E-state index contributed by atoms with van der Waals surface area (Å²) >= 11 is 1.50. The fourth-order valence-corrected chi connectivity index (χ4v) is 2.21. The number of nitro benzene ring substituents is 1. The number of aliphatic imine (C=N–C) groups is 1. The van der Waals surface area contributed by atoms with Crippen molar-refractivity contribution >= 4 is 23.0 Å². The van der Waals surface area contributed by atoms with Crippen LogP contribution in [0.5, 0.6) is 0 Å². The van der Waals surface area contributed by atoms with Gasteiger partial charge in [0.2, 0.25) is 0 Å². The number of nitro groups is 1. The molecule has 0 saturated heterocycles. The number of hydrogen-bond acceptors (Lipinski definition) is 5. The monoisotopic (exact) mass is 223 g/mol. The molecule has 0 amide bonds. The Bertz CT molecular complexity index is 435. The molecule has 78 valence electrons. The zero-order valence-corrected chi connectivity index (χ0v) is 8.61. The van der Waals surface area contributed by atoms with Crippen molar-refractivity contribution in [3.05, 3.63) is 39.9 Å². The maximum absolute atomic E-state index is 10.6. The standard InChI is InChI=1S/C9H9N3O2S/c10-9(5-15-6-11-9)7-2-1-3-8(4-7)12(13)14/h1-4,6H,5,10H2. The number of thioether (sulfide) groups is 1. The third-order valence-corrected chi connectivity index (χ3v) is 3.08. The maximum Gasteiger partial charge on any atom is 0.269 e. The minimum Gasteiger partial charge on any atom is -0.303 e. The maximum atomic E-state index is 10.6. The molecule has 0 aromatic heterocycles. The van der Waals surface area contributed by atoms with Crippen molar-refractivity contribution in [3.63, 3.8) is 0 Å². The molecule has 1 heterocycles. The second-order valence-corrected chi connectivity index (χ2v) is 4.11. The van der Waals surface area contributed by atoms with E-state index in [1.165, 1.54) is 23.9 Å². The Hall–Kier alpha value is -1.40. The minimum atomic E-state index is -0.809. The summed E-state index contributed by atoms with van der Waals surface area (Å²) in [7, 11) is 0. The number of rotatable bonds is 2. The molecule has 1 aromatic rings. The molecule has 0 fully saturated rings. The number of nitrogens with zero attached hydrogens (tertiary/aromatic N) is 2. The average Bonchev–Trinajstić information content (AvgIpc) is 2.67. The molecule has 0 aliphatic carbocycles. The van der Waals surface area contributed by atoms with Crippen molar-refractivity contribution in [2.45, 2.75) is 5.66 Å². The molecule has 2 N–H and O–H groups in total. The first-order chi connectivity index (χ1) is 7.12. The van der Waals surface area contributed by atoms with Gasteiger partial charge in [0.05, 0.1) is 10.5 Å². The van der Waals surface area contributed by atoms with E-state index in [1.807, 2.05) is 0 Å². The van der Waals surface area contributed by atoms with E-state index >= 15 is 0 Å². The smallest absolute Gasteiger partial charge is 0.269 e. The lowest BCUT2D eigenvalue weighted by atomic mass is 10.0. The zero-order chi connectivity index (χ0) is 10.9. The summed E-state index contributed by atoms with van der Waals surface area (Å²) in [6.07, 6.45) is 0. The summed E-state index contributed by atoms with van der Waals surface area (Å²) in [5, 5.41) is 10.6. The van der Waals surface area contributed by atoms with Gasteiger partial charge in [0.15, 0.2) is 0 Å². The molecule has 0 spiro atoms. The van der Waals surface area contributed by atoms with Crippen LogP contribution in [0.25, 0.3) is 0 Å². The molecule has 0 radical (unpaired) electrons. The van der Waals surface area contributed by atoms with Crippen LogP contribution in [0.3, 0.4) is 0 Å². The van der Waals surface area contributed by atoms with E-state index in [9.17, 15) is 10.1 Å². The van der Waals surface area contributed by atoms with Gasteiger partial charge in [0, 0.05) is 23.4 Å². The molecule has 15 heavy (non-hydrogen) atoms. The predicted molar refractivity (Wildman–Crippen MR) is 59.9 cm³/mol. The SMILES string of the molecule is NC1(c2cccc([N+](=O)[O-])c2)CSC=N1. The molecule has 1 aliphatic heterocycles. The minimum absolute atomic E-state index is 0.0458. The highest BCUT2D eigenvalue weighted by atomic mass is 32.2. The summed E-state index contributed by atoms with van der Waals surface area (Å²) in [5.74, 6) is 0.619. The topological polar surface area (TPSA) is 81.5 Å². The van der Waals surface area contributed by atoms with Crippen LogP contribution >= 0.6 is 11.8 Å². The number of benzene rings is 1. The number of non-ortho nitro benzene ring substituents is 1. The lowest BCUT2D eigenvalue weighted by Crippen LogP contribution is -2.34. The van der Waals surface area contributed by atoms with Gasteiger partial charge in [-0.25, -0.2) is 0 Å². The number of nitrogens with two attached hydrogens (primary N) is 1. The average molecular weight is 223 g/mol. The molecule has 2 rings (SSSR count). The van der Waals surface area contributed by atoms with Crippen LogP contribution in [0.2, 0.25) is 0 Å². The molecule has 0 bridgehead atoms. The summed E-state index contributed by atoms with van der Waals surface area (Å²) in [6.45, 7) is 0. The van der Waals surface area contributed by atoms with Crippen LogP contribution in [0.15, 0.2) is 29.3 Å².